The summed E-state index contributed by atoms with van der Waals surface area (Å²) >= 11 is 6.94. The first-order chi connectivity index (χ1) is 9.63. The van der Waals surface area contributed by atoms with Crippen LogP contribution >= 0.6 is 39.0 Å². The van der Waals surface area contributed by atoms with Crippen molar-refractivity contribution in [2.75, 3.05) is 11.1 Å². The molecule has 1 aliphatic rings. The monoisotopic (exact) mass is 368 g/mol. The molecule has 2 aromatic heterocycles. The molecule has 0 saturated carbocycles. The Kier molecular flexibility index (Phi) is 4.14. The molecule has 0 aliphatic carbocycles. The van der Waals surface area contributed by atoms with Crippen molar-refractivity contribution in [1.29, 1.82) is 0 Å². The number of rotatable bonds is 2. The van der Waals surface area contributed by atoms with E-state index in [4.69, 9.17) is 0 Å². The molecule has 0 atom stereocenters. The van der Waals surface area contributed by atoms with Gasteiger partial charge in [-0.25, -0.2) is 4.98 Å². The van der Waals surface area contributed by atoms with Crippen LogP contribution in [0.25, 0.3) is 0 Å². The number of aromatic nitrogens is 1. The summed E-state index contributed by atoms with van der Waals surface area (Å²) in [5.41, 5.74) is 2.18. The van der Waals surface area contributed by atoms with Gasteiger partial charge in [0.1, 0.15) is 5.82 Å². The smallest absolute Gasteiger partial charge is 0.266 e. The third-order valence-corrected chi connectivity index (χ3v) is 6.20. The predicted octanol–water partition coefficient (Wildman–Crippen LogP) is 4.26. The molecular weight excluding hydrogens is 356 g/mol. The molecule has 3 rings (SSSR count). The minimum Gasteiger partial charge on any atom is -0.306 e. The lowest BCUT2D eigenvalue weighted by Gasteiger charge is -2.08. The molecule has 0 bridgehead atoms. The number of fused-ring (bicyclic) bond motifs is 1. The summed E-state index contributed by atoms with van der Waals surface area (Å²) in [6.45, 7) is 1.90. The zero-order valence-corrected chi connectivity index (χ0v) is 14.1. The van der Waals surface area contributed by atoms with E-state index in [1.165, 1.54) is 10.4 Å². The standard InChI is InChI=1S/C14H13BrN2OS2/c1-8-10(15)2-3-13(16-8)17-14(18)12-6-9-7-19-5-4-11(9)20-12/h2-3,6H,4-5,7H2,1H3,(H,16,17,18). The number of amides is 1. The molecule has 6 heteroatoms. The third kappa shape index (κ3) is 2.92. The quantitative estimate of drug-likeness (QED) is 0.860. The van der Waals surface area contributed by atoms with Gasteiger partial charge in [-0.3, -0.25) is 4.79 Å². The van der Waals surface area contributed by atoms with Gasteiger partial charge < -0.3 is 5.32 Å². The summed E-state index contributed by atoms with van der Waals surface area (Å²) in [5.74, 6) is 2.71. The van der Waals surface area contributed by atoms with Gasteiger partial charge in [0, 0.05) is 15.1 Å². The normalized spacial score (nSPS) is 13.9. The van der Waals surface area contributed by atoms with Gasteiger partial charge in [0.25, 0.3) is 5.91 Å². The van der Waals surface area contributed by atoms with Crippen molar-refractivity contribution in [3.05, 3.63) is 43.7 Å². The van der Waals surface area contributed by atoms with Gasteiger partial charge in [0.05, 0.1) is 10.6 Å². The van der Waals surface area contributed by atoms with E-state index in [0.29, 0.717) is 5.82 Å². The van der Waals surface area contributed by atoms with Crippen LogP contribution in [0.5, 0.6) is 0 Å². The molecule has 1 amide bonds. The minimum atomic E-state index is -0.0661. The van der Waals surface area contributed by atoms with E-state index in [1.54, 1.807) is 17.4 Å². The maximum atomic E-state index is 12.3. The number of aryl methyl sites for hydroxylation is 2. The van der Waals surface area contributed by atoms with E-state index >= 15 is 0 Å². The van der Waals surface area contributed by atoms with Gasteiger partial charge in [0.15, 0.2) is 0 Å². The van der Waals surface area contributed by atoms with Crippen molar-refractivity contribution in [3.63, 3.8) is 0 Å². The van der Waals surface area contributed by atoms with Gasteiger partial charge >= 0.3 is 0 Å². The largest absolute Gasteiger partial charge is 0.306 e. The second-order valence-electron chi connectivity index (χ2n) is 4.58. The van der Waals surface area contributed by atoms with Crippen LogP contribution in [0, 0.1) is 6.92 Å². The van der Waals surface area contributed by atoms with Crippen molar-refractivity contribution < 1.29 is 4.79 Å². The Morgan fingerprint density at radius 2 is 2.30 bits per heavy atom. The number of thiophene rings is 1. The first-order valence-electron chi connectivity index (χ1n) is 6.27. The molecule has 1 N–H and O–H groups in total. The molecule has 0 unspecified atom stereocenters. The Labute approximate surface area is 134 Å². The van der Waals surface area contributed by atoms with Crippen LogP contribution in [-0.4, -0.2) is 16.6 Å². The Bertz CT molecular complexity index is 646. The van der Waals surface area contributed by atoms with Crippen molar-refractivity contribution in [1.82, 2.24) is 4.98 Å². The van der Waals surface area contributed by atoms with E-state index in [2.05, 4.69) is 26.2 Å². The molecule has 104 valence electrons. The summed E-state index contributed by atoms with van der Waals surface area (Å²) in [7, 11) is 0. The van der Waals surface area contributed by atoms with E-state index in [9.17, 15) is 4.79 Å². The number of hydrogen-bond donors (Lipinski definition) is 1. The molecule has 2 aromatic rings. The van der Waals surface area contributed by atoms with Crippen molar-refractivity contribution in [3.8, 4) is 0 Å². The highest BCUT2D eigenvalue weighted by Gasteiger charge is 2.17. The fraction of sp³-hybridized carbons (Fsp3) is 0.286. The molecule has 0 saturated heterocycles. The lowest BCUT2D eigenvalue weighted by atomic mass is 10.2. The first kappa shape index (κ1) is 14.1. The summed E-state index contributed by atoms with van der Waals surface area (Å²) in [4.78, 5) is 18.7. The molecule has 20 heavy (non-hydrogen) atoms. The minimum absolute atomic E-state index is 0.0661. The van der Waals surface area contributed by atoms with Crippen molar-refractivity contribution in [2.45, 2.75) is 19.1 Å². The average Bonchev–Trinajstić information content (AvgIpc) is 2.87. The predicted molar refractivity (Wildman–Crippen MR) is 88.8 cm³/mol. The molecule has 0 aromatic carbocycles. The highest BCUT2D eigenvalue weighted by Crippen LogP contribution is 2.32. The van der Waals surface area contributed by atoms with Crippen LogP contribution in [0.1, 0.15) is 25.8 Å². The molecule has 0 spiro atoms. The molecule has 3 nitrogen and oxygen atoms in total. The molecule has 3 heterocycles. The SMILES string of the molecule is Cc1nc(NC(=O)c2cc3c(s2)CCSC3)ccc1Br. The van der Waals surface area contributed by atoms with Crippen LogP contribution in [0.4, 0.5) is 5.82 Å². The highest BCUT2D eigenvalue weighted by molar-refractivity contribution is 9.10. The van der Waals surface area contributed by atoms with Crippen LogP contribution in [0.2, 0.25) is 0 Å². The Balaban J connectivity index is 1.78. The van der Waals surface area contributed by atoms with Crippen molar-refractivity contribution in [2.24, 2.45) is 0 Å². The van der Waals surface area contributed by atoms with E-state index in [-0.39, 0.29) is 5.91 Å². The van der Waals surface area contributed by atoms with Crippen LogP contribution < -0.4 is 5.32 Å². The number of nitrogens with one attached hydrogen (secondary N) is 1. The maximum absolute atomic E-state index is 12.3. The summed E-state index contributed by atoms with van der Waals surface area (Å²) in [5, 5.41) is 2.87. The lowest BCUT2D eigenvalue weighted by Crippen LogP contribution is -2.11. The van der Waals surface area contributed by atoms with E-state index in [0.717, 1.165) is 33.0 Å². The second-order valence-corrected chi connectivity index (χ2v) is 7.68. The Hall–Kier alpha value is -0.850. The molecule has 0 fully saturated rings. The maximum Gasteiger partial charge on any atom is 0.266 e. The lowest BCUT2D eigenvalue weighted by molar-refractivity contribution is 0.103. The number of anilines is 1. The van der Waals surface area contributed by atoms with Gasteiger partial charge in [-0.2, -0.15) is 11.8 Å². The number of carbonyl (C=O) groups is 1. The molecule has 0 radical (unpaired) electrons. The van der Waals surface area contributed by atoms with Gasteiger partial charge in [-0.1, -0.05) is 0 Å². The van der Waals surface area contributed by atoms with Gasteiger partial charge in [0.2, 0.25) is 0 Å². The number of hydrogen-bond acceptors (Lipinski definition) is 4. The number of halogens is 1. The first-order valence-corrected chi connectivity index (χ1v) is 9.04. The van der Waals surface area contributed by atoms with Crippen LogP contribution in [-0.2, 0) is 12.2 Å². The summed E-state index contributed by atoms with van der Waals surface area (Å²) < 4.78 is 0.944. The van der Waals surface area contributed by atoms with E-state index in [1.807, 2.05) is 30.8 Å². The fourth-order valence-electron chi connectivity index (χ4n) is 2.05. The third-order valence-electron chi connectivity index (χ3n) is 3.11. The Morgan fingerprint density at radius 1 is 1.45 bits per heavy atom. The van der Waals surface area contributed by atoms with Crippen molar-refractivity contribution >= 4 is 50.8 Å². The average molecular weight is 369 g/mol. The van der Waals surface area contributed by atoms with Crippen LogP contribution in [0.3, 0.4) is 0 Å². The number of nitrogens with zero attached hydrogens (tertiary/aromatic N) is 1. The number of pyridine rings is 1. The van der Waals surface area contributed by atoms with Gasteiger partial charge in [-0.05, 0) is 58.8 Å². The second kappa shape index (κ2) is 5.87. The zero-order valence-electron chi connectivity index (χ0n) is 10.9. The zero-order chi connectivity index (χ0) is 14.1. The topological polar surface area (TPSA) is 42.0 Å². The van der Waals surface area contributed by atoms with Gasteiger partial charge in [-0.15, -0.1) is 11.3 Å². The number of thioether (sulfide) groups is 1. The summed E-state index contributed by atoms with van der Waals surface area (Å²) in [6.07, 6.45) is 1.08. The number of carbonyl (C=O) groups excluding carboxylic acids is 1. The fourth-order valence-corrected chi connectivity index (χ4v) is 4.54. The molecule has 1 aliphatic heterocycles. The highest BCUT2D eigenvalue weighted by atomic mass is 79.9. The van der Waals surface area contributed by atoms with Crippen LogP contribution in [0.15, 0.2) is 22.7 Å². The summed E-state index contributed by atoms with van der Waals surface area (Å²) in [6, 6.07) is 5.72. The van der Waals surface area contributed by atoms with E-state index < -0.39 is 0 Å². The Morgan fingerprint density at radius 3 is 3.05 bits per heavy atom. The molecular formula is C14H13BrN2OS2.